The average molecular weight is 770 g/mol. The van der Waals surface area contributed by atoms with E-state index in [1.807, 2.05) is 0 Å². The summed E-state index contributed by atoms with van der Waals surface area (Å²) in [5.41, 5.74) is 0.670. The second kappa shape index (κ2) is 20.9. The van der Waals surface area contributed by atoms with Gasteiger partial charge in [0.05, 0.1) is 28.6 Å². The molecule has 0 atom stereocenters. The number of carbonyl (C=O) groups is 4. The molecule has 0 spiro atoms. The molecule has 0 saturated carbocycles. The summed E-state index contributed by atoms with van der Waals surface area (Å²) < 4.78 is 48.6. The molecular formula is C36H43N5O12S. The van der Waals surface area contributed by atoms with Crippen molar-refractivity contribution in [2.75, 3.05) is 57.5 Å². The predicted octanol–water partition coefficient (Wildman–Crippen LogP) is 5.28. The first-order chi connectivity index (χ1) is 25.3. The van der Waals surface area contributed by atoms with Crippen LogP contribution in [0.25, 0.3) is 0 Å². The van der Waals surface area contributed by atoms with Gasteiger partial charge in [0.15, 0.2) is 5.69 Å². The number of nitro groups is 1. The molecule has 0 aliphatic heterocycles. The molecule has 0 radical (unpaired) electrons. The summed E-state index contributed by atoms with van der Waals surface area (Å²) >= 11 is 0. The minimum atomic E-state index is -4.46. The molecule has 0 N–H and O–H groups in total. The fourth-order valence-corrected chi connectivity index (χ4v) is 5.51. The molecule has 17 nitrogen and oxygen atoms in total. The van der Waals surface area contributed by atoms with Gasteiger partial charge in [-0.1, -0.05) is 26.3 Å². The maximum atomic E-state index is 13.6. The van der Waals surface area contributed by atoms with Gasteiger partial charge in [-0.3, -0.25) is 10.1 Å². The van der Waals surface area contributed by atoms with Crippen molar-refractivity contribution in [3.8, 4) is 0 Å². The lowest BCUT2D eigenvalue weighted by Gasteiger charge is -2.24. The zero-order chi connectivity index (χ0) is 40.6. The van der Waals surface area contributed by atoms with E-state index in [4.69, 9.17) is 18.9 Å². The number of carbonyl (C=O) groups excluding carboxylic acids is 4. The number of nitro benzene ring substituents is 1. The highest BCUT2D eigenvalue weighted by Crippen LogP contribution is 2.33. The SMILES string of the molecule is C=C(C)C(=O)OCCN(CCOC(=O)C(=C)C)c1ccc(N=Nc2ccc(S(=O)(=O)N(CCOC(=O)C(=C)C)CCOC(=O)C(=C)C)cc2[N+](=O)[O-])cc1. The van der Waals surface area contributed by atoms with Crippen molar-refractivity contribution in [3.05, 3.63) is 101 Å². The third kappa shape index (κ3) is 13.8. The van der Waals surface area contributed by atoms with Crippen molar-refractivity contribution in [1.82, 2.24) is 4.31 Å². The van der Waals surface area contributed by atoms with Gasteiger partial charge in [0.2, 0.25) is 10.0 Å². The van der Waals surface area contributed by atoms with Gasteiger partial charge >= 0.3 is 23.9 Å². The third-order valence-corrected chi connectivity index (χ3v) is 8.89. The van der Waals surface area contributed by atoms with Crippen LogP contribution in [-0.2, 0) is 48.1 Å². The van der Waals surface area contributed by atoms with Gasteiger partial charge in [-0.05, 0) is 64.1 Å². The zero-order valence-corrected chi connectivity index (χ0v) is 31.4. The van der Waals surface area contributed by atoms with Gasteiger partial charge < -0.3 is 23.8 Å². The Bertz CT molecular complexity index is 1860. The van der Waals surface area contributed by atoms with Gasteiger partial charge in [-0.15, -0.1) is 5.11 Å². The number of hydrogen-bond donors (Lipinski definition) is 0. The molecule has 0 aromatic heterocycles. The Kier molecular flexibility index (Phi) is 17.1. The number of anilines is 1. The minimum Gasteiger partial charge on any atom is -0.461 e. The Morgan fingerprint density at radius 2 is 1.07 bits per heavy atom. The molecule has 2 rings (SSSR count). The Balaban J connectivity index is 2.32. The van der Waals surface area contributed by atoms with Crippen molar-refractivity contribution in [2.24, 2.45) is 10.2 Å². The molecule has 0 bridgehead atoms. The van der Waals surface area contributed by atoms with Gasteiger partial charge in [0, 0.05) is 47.1 Å². The van der Waals surface area contributed by atoms with Crippen LogP contribution < -0.4 is 4.90 Å². The normalized spacial score (nSPS) is 11.1. The summed E-state index contributed by atoms with van der Waals surface area (Å²) in [6.45, 7) is 18.9. The van der Waals surface area contributed by atoms with Crippen LogP contribution in [0.5, 0.6) is 0 Å². The summed E-state index contributed by atoms with van der Waals surface area (Å²) in [6, 6.07) is 9.49. The zero-order valence-electron chi connectivity index (χ0n) is 30.6. The van der Waals surface area contributed by atoms with Crippen LogP contribution in [0.4, 0.5) is 22.7 Å². The van der Waals surface area contributed by atoms with Crippen LogP contribution in [-0.4, -0.2) is 94.1 Å². The summed E-state index contributed by atoms with van der Waals surface area (Å²) in [5, 5.41) is 20.1. The molecule has 2 aromatic carbocycles. The van der Waals surface area contributed by atoms with Crippen LogP contribution in [0.3, 0.4) is 0 Å². The van der Waals surface area contributed by atoms with Gasteiger partial charge in [-0.2, -0.15) is 9.42 Å². The smallest absolute Gasteiger partial charge is 0.333 e. The van der Waals surface area contributed by atoms with Crippen molar-refractivity contribution in [3.63, 3.8) is 0 Å². The topological polar surface area (TPSA) is 214 Å². The highest BCUT2D eigenvalue weighted by Gasteiger charge is 2.28. The molecule has 0 aliphatic rings. The Morgan fingerprint density at radius 1 is 0.667 bits per heavy atom. The first-order valence-electron chi connectivity index (χ1n) is 16.2. The number of rotatable bonds is 22. The number of esters is 4. The fourth-order valence-electron chi connectivity index (χ4n) is 4.08. The Labute approximate surface area is 313 Å². The summed E-state index contributed by atoms with van der Waals surface area (Å²) in [5.74, 6) is -2.61. The lowest BCUT2D eigenvalue weighted by atomic mass is 10.2. The second-order valence-corrected chi connectivity index (χ2v) is 13.6. The molecule has 0 heterocycles. The van der Waals surface area contributed by atoms with E-state index in [1.165, 1.54) is 27.7 Å². The van der Waals surface area contributed by atoms with E-state index in [0.717, 1.165) is 22.5 Å². The number of hydrogen-bond acceptors (Lipinski definition) is 15. The van der Waals surface area contributed by atoms with Crippen molar-refractivity contribution < 1.29 is 51.5 Å². The van der Waals surface area contributed by atoms with Crippen LogP contribution in [0.15, 0.2) is 106 Å². The molecule has 290 valence electrons. The van der Waals surface area contributed by atoms with Crippen LogP contribution >= 0.6 is 0 Å². The van der Waals surface area contributed by atoms with Gasteiger partial charge in [-0.25, -0.2) is 27.6 Å². The molecule has 0 unspecified atom stereocenters. The summed E-state index contributed by atoms with van der Waals surface area (Å²) in [6.07, 6.45) is 0. The lowest BCUT2D eigenvalue weighted by Crippen LogP contribution is -2.37. The van der Waals surface area contributed by atoms with E-state index in [-0.39, 0.29) is 86.3 Å². The quantitative estimate of drug-likeness (QED) is 0.0373. The first kappa shape index (κ1) is 44.2. The molecular weight excluding hydrogens is 726 g/mol. The molecule has 0 fully saturated rings. The number of nitrogens with zero attached hydrogens (tertiary/aromatic N) is 5. The standard InChI is InChI=1S/C36H43N5O12S/c1-24(2)33(42)50-19-15-39(16-20-51-34(43)25(3)4)29-11-9-28(10-12-29)37-38-31-14-13-30(23-32(31)41(46)47)54(48,49)40(17-21-52-35(44)26(5)6)18-22-53-36(45)27(7)8/h9-14,23H,1,3,5,7,15-22H2,2,4,6,8H3. The first-order valence-corrected chi connectivity index (χ1v) is 17.6. The summed E-state index contributed by atoms with van der Waals surface area (Å²) in [4.78, 5) is 59.9. The molecule has 0 aliphatic carbocycles. The van der Waals surface area contributed by atoms with Crippen molar-refractivity contribution >= 4 is 56.7 Å². The molecule has 18 heteroatoms. The number of azo groups is 1. The van der Waals surface area contributed by atoms with E-state index in [2.05, 4.69) is 36.5 Å². The van der Waals surface area contributed by atoms with Crippen molar-refractivity contribution in [2.45, 2.75) is 32.6 Å². The number of ether oxygens (including phenoxy) is 4. The highest BCUT2D eigenvalue weighted by molar-refractivity contribution is 7.89. The molecule has 2 aromatic rings. The minimum absolute atomic E-state index is 0.0135. The van der Waals surface area contributed by atoms with Crippen molar-refractivity contribution in [1.29, 1.82) is 0 Å². The lowest BCUT2D eigenvalue weighted by molar-refractivity contribution is -0.384. The van der Waals surface area contributed by atoms with Gasteiger partial charge in [0.25, 0.3) is 5.69 Å². The Morgan fingerprint density at radius 3 is 1.46 bits per heavy atom. The maximum absolute atomic E-state index is 13.6. The monoisotopic (exact) mass is 769 g/mol. The number of benzene rings is 2. The molecule has 0 amide bonds. The average Bonchev–Trinajstić information content (AvgIpc) is 3.12. The molecule has 0 saturated heterocycles. The highest BCUT2D eigenvalue weighted by atomic mass is 32.2. The largest absolute Gasteiger partial charge is 0.461 e. The van der Waals surface area contributed by atoms with E-state index in [1.54, 1.807) is 29.2 Å². The maximum Gasteiger partial charge on any atom is 0.333 e. The van der Waals surface area contributed by atoms with E-state index < -0.39 is 49.4 Å². The molecule has 54 heavy (non-hydrogen) atoms. The summed E-state index contributed by atoms with van der Waals surface area (Å²) in [7, 11) is -4.46. The van der Waals surface area contributed by atoms with E-state index in [9.17, 15) is 37.7 Å². The predicted molar refractivity (Wildman–Crippen MR) is 198 cm³/mol. The number of sulfonamides is 1. The van der Waals surface area contributed by atoms with Crippen LogP contribution in [0.1, 0.15) is 27.7 Å². The third-order valence-electron chi connectivity index (χ3n) is 7.00. The second-order valence-electron chi connectivity index (χ2n) is 11.7. The van der Waals surface area contributed by atoms with E-state index in [0.29, 0.717) is 5.69 Å². The Hall–Kier alpha value is -6.01. The van der Waals surface area contributed by atoms with Crippen LogP contribution in [0, 0.1) is 10.1 Å². The van der Waals surface area contributed by atoms with E-state index >= 15 is 0 Å². The van der Waals surface area contributed by atoms with Crippen LogP contribution in [0.2, 0.25) is 0 Å². The van der Waals surface area contributed by atoms with Gasteiger partial charge in [0.1, 0.15) is 26.4 Å². The fraction of sp³-hybridized carbons (Fsp3) is 0.333.